The number of nitrogens with zero attached hydrogens (tertiary/aromatic N) is 4. The van der Waals surface area contributed by atoms with E-state index < -0.39 is 49.2 Å². The molecule has 0 saturated carbocycles. The third kappa shape index (κ3) is 34.0. The topological polar surface area (TPSA) is 203 Å². The lowest BCUT2D eigenvalue weighted by molar-refractivity contribution is -0.233. The molecule has 0 unspecified atom stereocenters. The lowest BCUT2D eigenvalue weighted by atomic mass is 10.0. The predicted octanol–water partition coefficient (Wildman–Crippen LogP) is 21.4. The highest BCUT2D eigenvalue weighted by Crippen LogP contribution is 2.41. The Hall–Kier alpha value is -5.32. The number of imidazole rings is 1. The van der Waals surface area contributed by atoms with E-state index in [-0.39, 0.29) is 29.0 Å². The van der Waals surface area contributed by atoms with E-state index in [9.17, 15) is 24.6 Å². The predicted molar refractivity (Wildman–Crippen MR) is 388 cm³/mol. The third-order valence-electron chi connectivity index (χ3n) is 19.0. The summed E-state index contributed by atoms with van der Waals surface area (Å²) in [5, 5.41) is 25.0. The standard InChI is InChI=1S/C80H131N5O11/c1-4-7-10-13-16-19-22-25-28-31-34-37-40-43-46-52-57-91-69-60-68(79(89)94-64-73(87)96-80(90)62-72(95-71(80)63-86)85-66-83-74-76(81-65-82-77(74)85)84-78(88)67-55-50-49-51-56-67)61-70(92-58-53-47-44-41-38-35-32-29-26-23-20-17-14-11-8-5-2)75(69)93-59-54-48-45-42-39-36-33-30-27-24-21-18-15-12-9-6-3/h49-51,55-56,60-61,65-66,71-72,86,90H,4-48,52-54,57-59,62-64H2,1-3H3,(H,81,82,84,88)/t71-,72-,80-/m1/s1. The quantitative estimate of drug-likeness (QED) is 0.0214. The van der Waals surface area contributed by atoms with Crippen LogP contribution in [0.5, 0.6) is 17.2 Å². The van der Waals surface area contributed by atoms with E-state index in [1.165, 1.54) is 268 Å². The van der Waals surface area contributed by atoms with Crippen molar-refractivity contribution < 1.29 is 53.0 Å². The molecule has 1 saturated heterocycles. The van der Waals surface area contributed by atoms with Crippen molar-refractivity contribution in [3.63, 3.8) is 0 Å². The van der Waals surface area contributed by atoms with Gasteiger partial charge in [0.05, 0.1) is 44.7 Å². The first kappa shape index (κ1) is 81.4. The third-order valence-corrected chi connectivity index (χ3v) is 19.0. The maximum absolute atomic E-state index is 14.1. The smallest absolute Gasteiger partial charge is 0.346 e. The van der Waals surface area contributed by atoms with Crippen LogP contribution in [0.2, 0.25) is 0 Å². The van der Waals surface area contributed by atoms with Crippen LogP contribution in [-0.4, -0.2) is 92.5 Å². The van der Waals surface area contributed by atoms with Gasteiger partial charge in [-0.05, 0) is 43.5 Å². The van der Waals surface area contributed by atoms with Crippen LogP contribution in [0.3, 0.4) is 0 Å². The molecule has 4 aromatic rings. The number of hydrogen-bond acceptors (Lipinski definition) is 14. The average molecular weight is 1340 g/mol. The fourth-order valence-electron chi connectivity index (χ4n) is 13.1. The molecular formula is C80H131N5O11. The lowest BCUT2D eigenvalue weighted by Gasteiger charge is -2.26. The molecule has 542 valence electrons. The zero-order chi connectivity index (χ0) is 68.2. The van der Waals surface area contributed by atoms with Crippen LogP contribution in [0.15, 0.2) is 55.1 Å². The minimum absolute atomic E-state index is 0.117. The Labute approximate surface area is 580 Å². The van der Waals surface area contributed by atoms with Crippen molar-refractivity contribution in [1.29, 1.82) is 0 Å². The number of rotatable bonds is 62. The first-order chi connectivity index (χ1) is 47.2. The molecule has 16 heteroatoms. The zero-order valence-corrected chi connectivity index (χ0v) is 60.4. The maximum atomic E-state index is 14.1. The molecule has 2 aromatic heterocycles. The van der Waals surface area contributed by atoms with E-state index >= 15 is 0 Å². The number of carbonyl (C=O) groups is 3. The summed E-state index contributed by atoms with van der Waals surface area (Å²) in [6, 6.07) is 11.9. The molecule has 1 aliphatic heterocycles. The van der Waals surface area contributed by atoms with Gasteiger partial charge in [0.15, 0.2) is 35.1 Å². The number of amides is 1. The van der Waals surface area contributed by atoms with Crippen LogP contribution >= 0.6 is 0 Å². The zero-order valence-electron chi connectivity index (χ0n) is 60.4. The second-order valence-electron chi connectivity index (χ2n) is 27.5. The van der Waals surface area contributed by atoms with Crippen LogP contribution in [0.25, 0.3) is 11.2 Å². The number of aromatic nitrogens is 4. The molecule has 1 fully saturated rings. The number of anilines is 1. The molecule has 0 radical (unpaired) electrons. The van der Waals surface area contributed by atoms with E-state index in [2.05, 4.69) is 41.0 Å². The molecule has 3 atom stereocenters. The Kier molecular flexibility index (Phi) is 44.7. The van der Waals surface area contributed by atoms with Crippen LogP contribution in [0.4, 0.5) is 5.82 Å². The number of fused-ring (bicyclic) bond motifs is 1. The molecule has 0 aliphatic carbocycles. The summed E-state index contributed by atoms with van der Waals surface area (Å²) in [6.07, 6.45) is 61.1. The summed E-state index contributed by atoms with van der Waals surface area (Å²) >= 11 is 0. The Morgan fingerprint density at radius 2 is 0.896 bits per heavy atom. The largest absolute Gasteiger partial charge is 0.490 e. The van der Waals surface area contributed by atoms with Crippen molar-refractivity contribution in [3.8, 4) is 17.2 Å². The van der Waals surface area contributed by atoms with E-state index in [1.54, 1.807) is 36.4 Å². The number of unbranched alkanes of at least 4 members (excludes halogenated alkanes) is 45. The van der Waals surface area contributed by atoms with Gasteiger partial charge in [0.25, 0.3) is 5.91 Å². The number of benzene rings is 2. The molecule has 0 bridgehead atoms. The van der Waals surface area contributed by atoms with Gasteiger partial charge >= 0.3 is 11.9 Å². The molecule has 3 heterocycles. The van der Waals surface area contributed by atoms with Gasteiger partial charge in [-0.15, -0.1) is 0 Å². The molecular weight excluding hydrogens is 1210 g/mol. The minimum Gasteiger partial charge on any atom is -0.490 e. The summed E-state index contributed by atoms with van der Waals surface area (Å²) in [5.41, 5.74) is 1.06. The fourth-order valence-corrected chi connectivity index (χ4v) is 13.1. The van der Waals surface area contributed by atoms with Crippen molar-refractivity contribution in [1.82, 2.24) is 19.5 Å². The summed E-state index contributed by atoms with van der Waals surface area (Å²) < 4.78 is 38.5. The summed E-state index contributed by atoms with van der Waals surface area (Å²) in [4.78, 5) is 53.8. The number of ether oxygens (including phenoxy) is 6. The number of nitrogens with one attached hydrogen (secondary N) is 1. The van der Waals surface area contributed by atoms with Crippen LogP contribution < -0.4 is 19.5 Å². The van der Waals surface area contributed by atoms with E-state index in [1.807, 2.05) is 6.07 Å². The number of carbonyl (C=O) groups excluding carboxylic acids is 3. The Morgan fingerprint density at radius 3 is 1.29 bits per heavy atom. The molecule has 96 heavy (non-hydrogen) atoms. The number of aliphatic hydroxyl groups excluding tert-OH is 1. The molecule has 16 nitrogen and oxygen atoms in total. The van der Waals surface area contributed by atoms with Gasteiger partial charge in [-0.1, -0.05) is 328 Å². The number of aliphatic hydroxyl groups is 2. The maximum Gasteiger partial charge on any atom is 0.346 e. The highest BCUT2D eigenvalue weighted by Gasteiger charge is 2.52. The second-order valence-corrected chi connectivity index (χ2v) is 27.5. The normalized spacial score (nSPS) is 15.3. The minimum atomic E-state index is -2.33. The van der Waals surface area contributed by atoms with Crippen molar-refractivity contribution in [3.05, 3.63) is 66.2 Å². The first-order valence-electron chi connectivity index (χ1n) is 39.2. The Morgan fingerprint density at radius 1 is 0.510 bits per heavy atom. The number of hydrogen-bond donors (Lipinski definition) is 3. The van der Waals surface area contributed by atoms with Gasteiger partial charge < -0.3 is 44.0 Å². The summed E-state index contributed by atoms with van der Waals surface area (Å²) in [6.45, 7) is 6.60. The first-order valence-corrected chi connectivity index (χ1v) is 39.2. The van der Waals surface area contributed by atoms with E-state index in [0.29, 0.717) is 42.6 Å². The van der Waals surface area contributed by atoms with Crippen LogP contribution in [-0.2, 0) is 19.0 Å². The highest BCUT2D eigenvalue weighted by atomic mass is 16.7. The fraction of sp³-hybridized carbons (Fsp3) is 0.750. The van der Waals surface area contributed by atoms with Gasteiger partial charge in [0.2, 0.25) is 11.5 Å². The van der Waals surface area contributed by atoms with Crippen molar-refractivity contribution in [2.45, 2.75) is 354 Å². The highest BCUT2D eigenvalue weighted by molar-refractivity contribution is 6.06. The molecule has 3 N–H and O–H groups in total. The lowest BCUT2D eigenvalue weighted by Crippen LogP contribution is -2.45. The van der Waals surface area contributed by atoms with Crippen molar-refractivity contribution in [2.24, 2.45) is 0 Å². The summed E-state index contributed by atoms with van der Waals surface area (Å²) in [5.74, 6) is -3.19. The van der Waals surface area contributed by atoms with Gasteiger partial charge in [-0.2, -0.15) is 0 Å². The van der Waals surface area contributed by atoms with Crippen LogP contribution in [0, 0.1) is 0 Å². The second kappa shape index (κ2) is 52.7. The van der Waals surface area contributed by atoms with Crippen molar-refractivity contribution in [2.75, 3.05) is 38.4 Å². The van der Waals surface area contributed by atoms with Crippen molar-refractivity contribution >= 4 is 34.8 Å². The SMILES string of the molecule is CCCCCCCCCCCCCCCCCCOc1cc(C(=O)OCC(=O)O[C@]2(O)C[C@H](n3cnc4c(NC(=O)c5ccccc5)ncnc43)O[C@@H]2CO)cc(OCCCCCCCCCCCCCCCCCC)c1OCCCCCCCCCCCCCCCCCC. The molecule has 5 rings (SSSR count). The van der Waals surface area contributed by atoms with Gasteiger partial charge in [0, 0.05) is 5.56 Å². The van der Waals surface area contributed by atoms with Gasteiger partial charge in [0.1, 0.15) is 18.7 Å². The van der Waals surface area contributed by atoms with Gasteiger partial charge in [-0.3, -0.25) is 9.36 Å². The van der Waals surface area contributed by atoms with E-state index in [4.69, 9.17) is 28.4 Å². The molecule has 1 amide bonds. The van der Waals surface area contributed by atoms with Gasteiger partial charge in [-0.25, -0.2) is 24.5 Å². The van der Waals surface area contributed by atoms with Crippen LogP contribution in [0.1, 0.15) is 362 Å². The van der Waals surface area contributed by atoms with E-state index in [0.717, 1.165) is 57.8 Å². The average Bonchev–Trinajstić information content (AvgIpc) is 1.60. The monoisotopic (exact) mass is 1340 g/mol. The molecule has 2 aromatic carbocycles. The molecule has 1 aliphatic rings. The number of esters is 2. The summed E-state index contributed by atoms with van der Waals surface area (Å²) in [7, 11) is 0. The molecule has 0 spiro atoms. The Balaban J connectivity index is 1.18. The Bertz CT molecular complexity index is 2560.